The third-order valence-corrected chi connectivity index (χ3v) is 6.19. The summed E-state index contributed by atoms with van der Waals surface area (Å²) in [7, 11) is 0. The quantitative estimate of drug-likeness (QED) is 0.365. The summed E-state index contributed by atoms with van der Waals surface area (Å²) in [5.74, 6) is 4.43. The number of rotatable bonds is 8. The van der Waals surface area contributed by atoms with Crippen LogP contribution in [0.1, 0.15) is 52.4 Å². The molecule has 1 aliphatic rings. The number of anilines is 1. The van der Waals surface area contributed by atoms with Gasteiger partial charge in [0, 0.05) is 18.5 Å². The molecule has 0 bridgehead atoms. The first-order valence-corrected chi connectivity index (χ1v) is 12.3. The highest BCUT2D eigenvalue weighted by atomic mass is 16.4. The van der Waals surface area contributed by atoms with Crippen LogP contribution in [0.25, 0.3) is 0 Å². The maximum absolute atomic E-state index is 13.8. The van der Waals surface area contributed by atoms with E-state index in [1.165, 1.54) is 4.90 Å². The Bertz CT molecular complexity index is 1290. The normalized spacial score (nSPS) is 13.1. The number of hydrogen-bond donors (Lipinski definition) is 2. The first-order chi connectivity index (χ1) is 18.0. The minimum Gasteiger partial charge on any atom is -0.481 e. The SMILES string of the molecule is NCCCC#Cc1ccc2c(c1)C(=O)N(CCC(=O)O)CC(=O)N2C(c1ccccc1)c1ccccc1. The highest BCUT2D eigenvalue weighted by Gasteiger charge is 2.36. The highest BCUT2D eigenvalue weighted by Crippen LogP contribution is 2.37. The lowest BCUT2D eigenvalue weighted by molar-refractivity contribution is -0.137. The van der Waals surface area contributed by atoms with Crippen molar-refractivity contribution >= 4 is 23.5 Å². The molecular formula is C30H29N3O4. The number of unbranched alkanes of at least 4 members (excludes halogenated alkanes) is 1. The fourth-order valence-electron chi connectivity index (χ4n) is 4.42. The molecular weight excluding hydrogens is 466 g/mol. The first-order valence-electron chi connectivity index (χ1n) is 12.3. The van der Waals surface area contributed by atoms with Gasteiger partial charge in [-0.2, -0.15) is 0 Å². The second-order valence-electron chi connectivity index (χ2n) is 8.78. The van der Waals surface area contributed by atoms with Gasteiger partial charge in [-0.15, -0.1) is 0 Å². The van der Waals surface area contributed by atoms with E-state index in [0.29, 0.717) is 29.8 Å². The molecule has 188 valence electrons. The molecule has 0 saturated heterocycles. The fraction of sp³-hybridized carbons (Fsp3) is 0.233. The van der Waals surface area contributed by atoms with Crippen molar-refractivity contribution < 1.29 is 19.5 Å². The molecule has 3 N–H and O–H groups in total. The van der Waals surface area contributed by atoms with Gasteiger partial charge in [-0.3, -0.25) is 19.3 Å². The van der Waals surface area contributed by atoms with E-state index in [1.807, 2.05) is 66.7 Å². The summed E-state index contributed by atoms with van der Waals surface area (Å²) in [6.07, 6.45) is 1.16. The van der Waals surface area contributed by atoms with E-state index in [0.717, 1.165) is 17.5 Å². The molecule has 1 heterocycles. The van der Waals surface area contributed by atoms with E-state index in [4.69, 9.17) is 5.73 Å². The predicted octanol–water partition coefficient (Wildman–Crippen LogP) is 3.83. The van der Waals surface area contributed by atoms with Crippen molar-refractivity contribution in [3.63, 3.8) is 0 Å². The molecule has 3 aromatic carbocycles. The van der Waals surface area contributed by atoms with Gasteiger partial charge < -0.3 is 15.7 Å². The molecule has 2 amide bonds. The van der Waals surface area contributed by atoms with Crippen LogP contribution >= 0.6 is 0 Å². The van der Waals surface area contributed by atoms with Gasteiger partial charge in [-0.1, -0.05) is 72.5 Å². The summed E-state index contributed by atoms with van der Waals surface area (Å²) in [5, 5.41) is 9.22. The van der Waals surface area contributed by atoms with E-state index >= 15 is 0 Å². The summed E-state index contributed by atoms with van der Waals surface area (Å²) in [6, 6.07) is 24.1. The number of benzene rings is 3. The molecule has 0 radical (unpaired) electrons. The van der Waals surface area contributed by atoms with Crippen molar-refractivity contribution in [1.82, 2.24) is 4.90 Å². The highest BCUT2D eigenvalue weighted by molar-refractivity contribution is 6.10. The van der Waals surface area contributed by atoms with Gasteiger partial charge in [0.05, 0.1) is 23.7 Å². The Kier molecular flexibility index (Phi) is 8.34. The van der Waals surface area contributed by atoms with Crippen LogP contribution in [-0.2, 0) is 9.59 Å². The Morgan fingerprint density at radius 1 is 0.973 bits per heavy atom. The van der Waals surface area contributed by atoms with E-state index < -0.39 is 17.9 Å². The Hall–Kier alpha value is -4.41. The fourth-order valence-corrected chi connectivity index (χ4v) is 4.42. The maximum atomic E-state index is 13.8. The smallest absolute Gasteiger partial charge is 0.305 e. The molecule has 0 fully saturated rings. The maximum Gasteiger partial charge on any atom is 0.305 e. The number of fused-ring (bicyclic) bond motifs is 1. The number of aliphatic carboxylic acids is 1. The van der Waals surface area contributed by atoms with Gasteiger partial charge in [0.15, 0.2) is 0 Å². The van der Waals surface area contributed by atoms with E-state index in [-0.39, 0.29) is 25.4 Å². The Morgan fingerprint density at radius 3 is 2.22 bits per heavy atom. The van der Waals surface area contributed by atoms with E-state index in [1.54, 1.807) is 17.0 Å². The number of nitrogens with zero attached hydrogens (tertiary/aromatic N) is 2. The zero-order chi connectivity index (χ0) is 26.2. The van der Waals surface area contributed by atoms with Crippen LogP contribution in [0.3, 0.4) is 0 Å². The van der Waals surface area contributed by atoms with Gasteiger partial charge >= 0.3 is 5.97 Å². The molecule has 0 aromatic heterocycles. The van der Waals surface area contributed by atoms with Crippen molar-refractivity contribution in [2.24, 2.45) is 5.73 Å². The van der Waals surface area contributed by atoms with Crippen molar-refractivity contribution in [1.29, 1.82) is 0 Å². The molecule has 0 saturated carbocycles. The van der Waals surface area contributed by atoms with Crippen LogP contribution < -0.4 is 10.6 Å². The average Bonchev–Trinajstić information content (AvgIpc) is 3.01. The lowest BCUT2D eigenvalue weighted by atomic mass is 9.95. The van der Waals surface area contributed by atoms with E-state index in [9.17, 15) is 19.5 Å². The van der Waals surface area contributed by atoms with Crippen LogP contribution in [0.5, 0.6) is 0 Å². The summed E-state index contributed by atoms with van der Waals surface area (Å²) < 4.78 is 0. The molecule has 37 heavy (non-hydrogen) atoms. The number of amides is 2. The zero-order valence-electron chi connectivity index (χ0n) is 20.5. The van der Waals surface area contributed by atoms with Crippen molar-refractivity contribution in [3.05, 3.63) is 101 Å². The molecule has 7 heteroatoms. The molecule has 7 nitrogen and oxygen atoms in total. The predicted molar refractivity (Wildman–Crippen MR) is 142 cm³/mol. The van der Waals surface area contributed by atoms with E-state index in [2.05, 4.69) is 11.8 Å². The lowest BCUT2D eigenvalue weighted by Gasteiger charge is -2.32. The van der Waals surface area contributed by atoms with Crippen molar-refractivity contribution in [2.45, 2.75) is 25.3 Å². The number of carboxylic acid groups (broad SMARTS) is 1. The third-order valence-electron chi connectivity index (χ3n) is 6.19. The molecule has 3 aromatic rings. The average molecular weight is 496 g/mol. The van der Waals surface area contributed by atoms with Crippen molar-refractivity contribution in [3.8, 4) is 11.8 Å². The number of nitrogens with two attached hydrogens (primary N) is 1. The minimum absolute atomic E-state index is 0.0685. The van der Waals surface area contributed by atoms with Crippen LogP contribution in [0.15, 0.2) is 78.9 Å². The van der Waals surface area contributed by atoms with Crippen LogP contribution in [0.4, 0.5) is 5.69 Å². The molecule has 0 atom stereocenters. The monoisotopic (exact) mass is 495 g/mol. The summed E-state index contributed by atoms with van der Waals surface area (Å²) in [6.45, 7) is 0.253. The van der Waals surface area contributed by atoms with Gasteiger partial charge in [0.1, 0.15) is 6.54 Å². The van der Waals surface area contributed by atoms with Gasteiger partial charge in [0.2, 0.25) is 5.91 Å². The zero-order valence-corrected chi connectivity index (χ0v) is 20.5. The largest absolute Gasteiger partial charge is 0.481 e. The number of carboxylic acids is 1. The third kappa shape index (κ3) is 6.05. The minimum atomic E-state index is -1.03. The lowest BCUT2D eigenvalue weighted by Crippen LogP contribution is -2.42. The molecule has 0 unspecified atom stereocenters. The summed E-state index contributed by atoms with van der Waals surface area (Å²) >= 11 is 0. The number of carbonyl (C=O) groups is 3. The Labute approximate surface area is 216 Å². The number of carbonyl (C=O) groups excluding carboxylic acids is 2. The summed E-state index contributed by atoms with van der Waals surface area (Å²) in [5.41, 5.74) is 8.78. The van der Waals surface area contributed by atoms with Crippen LogP contribution in [-0.4, -0.2) is 47.4 Å². The molecule has 0 spiro atoms. The van der Waals surface area contributed by atoms with Gasteiger partial charge in [-0.05, 0) is 42.3 Å². The van der Waals surface area contributed by atoms with Gasteiger partial charge in [0.25, 0.3) is 5.91 Å². The van der Waals surface area contributed by atoms with Gasteiger partial charge in [-0.25, -0.2) is 0 Å². The second kappa shape index (κ2) is 12.0. The molecule has 0 aliphatic carbocycles. The van der Waals surface area contributed by atoms with Crippen LogP contribution in [0.2, 0.25) is 0 Å². The number of hydrogen-bond acceptors (Lipinski definition) is 4. The van der Waals surface area contributed by atoms with Crippen LogP contribution in [0, 0.1) is 11.8 Å². The van der Waals surface area contributed by atoms with Crippen molar-refractivity contribution in [2.75, 3.05) is 24.5 Å². The topological polar surface area (TPSA) is 104 Å². The molecule has 1 aliphatic heterocycles. The standard InChI is InChI=1S/C30H29N3O4/c31-18-9-3-4-10-22-15-16-26-25(20-22)30(37)32(19-17-28(35)36)21-27(34)33(26)29(23-11-5-1-6-12-23)24-13-7-2-8-14-24/h1-2,5-8,11-16,20,29H,3,9,17-19,21,31H2,(H,35,36). The first kappa shape index (κ1) is 25.7. The summed E-state index contributed by atoms with van der Waals surface area (Å²) in [4.78, 5) is 41.7. The second-order valence-corrected chi connectivity index (χ2v) is 8.78. The molecule has 4 rings (SSSR count). The Balaban J connectivity index is 1.86. The Morgan fingerprint density at radius 2 is 1.62 bits per heavy atom.